The number of pyridine rings is 1. The molecule has 0 aromatic carbocycles. The van der Waals surface area contributed by atoms with Crippen molar-refractivity contribution >= 4 is 11.9 Å². The molecule has 0 spiro atoms. The second-order valence-electron chi connectivity index (χ2n) is 8.85. The average Bonchev–Trinajstić information content (AvgIpc) is 3.15. The van der Waals surface area contributed by atoms with Gasteiger partial charge in [0.15, 0.2) is 0 Å². The highest BCUT2D eigenvalue weighted by molar-refractivity contribution is 5.88. The first-order valence-corrected chi connectivity index (χ1v) is 10.6. The first-order chi connectivity index (χ1) is 12.9. The molecular formula is C22H35N3O2. The third-order valence-corrected chi connectivity index (χ3v) is 5.70. The summed E-state index contributed by atoms with van der Waals surface area (Å²) in [7, 11) is 0. The summed E-state index contributed by atoms with van der Waals surface area (Å²) in [5, 5.41) is 0. The fourth-order valence-corrected chi connectivity index (χ4v) is 4.47. The molecular weight excluding hydrogens is 338 g/mol. The van der Waals surface area contributed by atoms with Gasteiger partial charge in [-0.05, 0) is 65.6 Å². The summed E-state index contributed by atoms with van der Waals surface area (Å²) in [4.78, 5) is 22.3. The first-order valence-electron chi connectivity index (χ1n) is 10.6. The van der Waals surface area contributed by atoms with E-state index >= 15 is 0 Å². The summed E-state index contributed by atoms with van der Waals surface area (Å²) in [6.45, 7) is 10.1. The standard InChI is InChI=1S/C22H35N3O2/c1-5-24-16-9-8-14-19(24)18-13-10-15-23-20(18)25(17-11-6-7-12-17)21(26)27-22(2,3)4/h10,13,15,17,19H,5-9,11-12,14,16H2,1-4H3. The number of carbonyl (C=O) groups is 1. The predicted molar refractivity (Wildman–Crippen MR) is 109 cm³/mol. The van der Waals surface area contributed by atoms with E-state index < -0.39 is 5.60 Å². The van der Waals surface area contributed by atoms with Gasteiger partial charge >= 0.3 is 6.09 Å². The molecule has 0 bridgehead atoms. The zero-order chi connectivity index (χ0) is 19.4. The molecule has 1 aromatic heterocycles. The zero-order valence-corrected chi connectivity index (χ0v) is 17.4. The Morgan fingerprint density at radius 3 is 2.59 bits per heavy atom. The molecule has 1 unspecified atom stereocenters. The maximum atomic E-state index is 13.2. The molecule has 1 atom stereocenters. The van der Waals surface area contributed by atoms with Crippen LogP contribution in [-0.4, -0.2) is 40.7 Å². The number of likely N-dealkylation sites (tertiary alicyclic amines) is 1. The minimum Gasteiger partial charge on any atom is -0.443 e. The van der Waals surface area contributed by atoms with Crippen molar-refractivity contribution in [3.05, 3.63) is 23.9 Å². The molecule has 1 aliphatic heterocycles. The lowest BCUT2D eigenvalue weighted by atomic mass is 9.95. The number of anilines is 1. The normalized spacial score (nSPS) is 22.0. The van der Waals surface area contributed by atoms with Crippen molar-refractivity contribution in [1.82, 2.24) is 9.88 Å². The molecule has 1 aromatic rings. The third-order valence-electron chi connectivity index (χ3n) is 5.70. The maximum absolute atomic E-state index is 13.2. The second-order valence-corrected chi connectivity index (χ2v) is 8.85. The van der Waals surface area contributed by atoms with E-state index in [1.807, 2.05) is 37.9 Å². The fourth-order valence-electron chi connectivity index (χ4n) is 4.47. The molecule has 0 radical (unpaired) electrons. The van der Waals surface area contributed by atoms with Gasteiger partial charge in [-0.3, -0.25) is 9.80 Å². The van der Waals surface area contributed by atoms with E-state index in [2.05, 4.69) is 17.9 Å². The molecule has 0 N–H and O–H groups in total. The number of hydrogen-bond donors (Lipinski definition) is 0. The van der Waals surface area contributed by atoms with Gasteiger partial charge in [0.2, 0.25) is 0 Å². The Labute approximate surface area is 164 Å². The Hall–Kier alpha value is -1.62. The van der Waals surface area contributed by atoms with Crippen LogP contribution in [0.5, 0.6) is 0 Å². The Morgan fingerprint density at radius 2 is 1.93 bits per heavy atom. The molecule has 2 heterocycles. The van der Waals surface area contributed by atoms with E-state index in [-0.39, 0.29) is 12.1 Å². The van der Waals surface area contributed by atoms with E-state index in [9.17, 15) is 4.79 Å². The summed E-state index contributed by atoms with van der Waals surface area (Å²) in [6.07, 6.45) is 9.53. The van der Waals surface area contributed by atoms with E-state index in [0.29, 0.717) is 6.04 Å². The third kappa shape index (κ3) is 4.81. The number of nitrogens with zero attached hydrogens (tertiary/aromatic N) is 3. The molecule has 2 aliphatic rings. The van der Waals surface area contributed by atoms with Crippen LogP contribution in [0.4, 0.5) is 10.6 Å². The summed E-state index contributed by atoms with van der Waals surface area (Å²) < 4.78 is 5.80. The van der Waals surface area contributed by atoms with Gasteiger partial charge in [0.1, 0.15) is 11.4 Å². The first kappa shape index (κ1) is 20.1. The van der Waals surface area contributed by atoms with Gasteiger partial charge in [-0.2, -0.15) is 0 Å². The smallest absolute Gasteiger partial charge is 0.416 e. The fraction of sp³-hybridized carbons (Fsp3) is 0.727. The Balaban J connectivity index is 1.98. The molecule has 150 valence electrons. The molecule has 1 aliphatic carbocycles. The van der Waals surface area contributed by atoms with E-state index in [1.54, 1.807) is 0 Å². The van der Waals surface area contributed by atoms with Gasteiger partial charge in [0, 0.05) is 23.8 Å². The molecule has 1 saturated heterocycles. The Kier molecular flexibility index (Phi) is 6.40. The lowest BCUT2D eigenvalue weighted by Crippen LogP contribution is -2.44. The van der Waals surface area contributed by atoms with Crippen LogP contribution in [0.15, 0.2) is 18.3 Å². The topological polar surface area (TPSA) is 45.7 Å². The highest BCUT2D eigenvalue weighted by atomic mass is 16.6. The van der Waals surface area contributed by atoms with Gasteiger partial charge < -0.3 is 4.74 Å². The highest BCUT2D eigenvalue weighted by Gasteiger charge is 2.36. The Morgan fingerprint density at radius 1 is 1.22 bits per heavy atom. The lowest BCUT2D eigenvalue weighted by molar-refractivity contribution is 0.0563. The minimum atomic E-state index is -0.511. The number of aromatic nitrogens is 1. The summed E-state index contributed by atoms with van der Waals surface area (Å²) in [5.74, 6) is 0.809. The number of hydrogen-bond acceptors (Lipinski definition) is 4. The summed E-state index contributed by atoms with van der Waals surface area (Å²) >= 11 is 0. The van der Waals surface area contributed by atoms with Crippen molar-refractivity contribution in [2.24, 2.45) is 0 Å². The van der Waals surface area contributed by atoms with Crippen LogP contribution in [0.1, 0.15) is 84.2 Å². The van der Waals surface area contributed by atoms with Crippen molar-refractivity contribution in [2.75, 3.05) is 18.0 Å². The van der Waals surface area contributed by atoms with Crippen molar-refractivity contribution < 1.29 is 9.53 Å². The zero-order valence-electron chi connectivity index (χ0n) is 17.4. The summed E-state index contributed by atoms with van der Waals surface area (Å²) in [6, 6.07) is 4.68. The molecule has 1 saturated carbocycles. The number of carbonyl (C=O) groups excluding carboxylic acids is 1. The van der Waals surface area contributed by atoms with Gasteiger partial charge in [-0.1, -0.05) is 32.3 Å². The molecule has 3 rings (SSSR count). The Bertz CT molecular complexity index is 635. The number of rotatable bonds is 4. The van der Waals surface area contributed by atoms with Crippen molar-refractivity contribution in [2.45, 2.75) is 90.3 Å². The number of piperidine rings is 1. The minimum absolute atomic E-state index is 0.187. The summed E-state index contributed by atoms with van der Waals surface area (Å²) in [5.41, 5.74) is 0.667. The molecule has 5 nitrogen and oxygen atoms in total. The maximum Gasteiger partial charge on any atom is 0.416 e. The van der Waals surface area contributed by atoms with Crippen LogP contribution in [0, 0.1) is 0 Å². The van der Waals surface area contributed by atoms with Crippen LogP contribution >= 0.6 is 0 Å². The van der Waals surface area contributed by atoms with Crippen molar-refractivity contribution in [1.29, 1.82) is 0 Å². The van der Waals surface area contributed by atoms with Gasteiger partial charge in [-0.15, -0.1) is 0 Å². The molecule has 27 heavy (non-hydrogen) atoms. The SMILES string of the molecule is CCN1CCCCC1c1cccnc1N(C(=O)OC(C)(C)C)C1CCCC1. The predicted octanol–water partition coefficient (Wildman–Crippen LogP) is 5.31. The van der Waals surface area contributed by atoms with E-state index in [4.69, 9.17) is 9.72 Å². The van der Waals surface area contributed by atoms with Gasteiger partial charge in [0.25, 0.3) is 0 Å². The second kappa shape index (κ2) is 8.59. The number of amides is 1. The number of ether oxygens (including phenoxy) is 1. The van der Waals surface area contributed by atoms with Crippen LogP contribution in [0.2, 0.25) is 0 Å². The molecule has 2 fully saturated rings. The van der Waals surface area contributed by atoms with Crippen molar-refractivity contribution in [3.8, 4) is 0 Å². The van der Waals surface area contributed by atoms with Crippen LogP contribution in [0.3, 0.4) is 0 Å². The molecule has 1 amide bonds. The van der Waals surface area contributed by atoms with Crippen LogP contribution < -0.4 is 4.90 Å². The van der Waals surface area contributed by atoms with Crippen LogP contribution in [-0.2, 0) is 4.74 Å². The molecule has 5 heteroatoms. The van der Waals surface area contributed by atoms with Gasteiger partial charge in [0.05, 0.1) is 0 Å². The van der Waals surface area contributed by atoms with E-state index in [0.717, 1.165) is 51.0 Å². The average molecular weight is 374 g/mol. The lowest BCUT2D eigenvalue weighted by Gasteiger charge is -2.38. The van der Waals surface area contributed by atoms with E-state index in [1.165, 1.54) is 18.4 Å². The largest absolute Gasteiger partial charge is 0.443 e. The van der Waals surface area contributed by atoms with Crippen molar-refractivity contribution in [3.63, 3.8) is 0 Å². The van der Waals surface area contributed by atoms with Gasteiger partial charge in [-0.25, -0.2) is 9.78 Å². The highest BCUT2D eigenvalue weighted by Crippen LogP contribution is 2.38. The van der Waals surface area contributed by atoms with Crippen LogP contribution in [0.25, 0.3) is 0 Å². The monoisotopic (exact) mass is 373 g/mol. The quantitative estimate of drug-likeness (QED) is 0.717.